The number of carbonyl (C=O) groups is 4. The van der Waals surface area contributed by atoms with Gasteiger partial charge in [-0.15, -0.1) is 23.1 Å². The van der Waals surface area contributed by atoms with Crippen LogP contribution in [-0.2, 0) is 27.2 Å². The quantitative estimate of drug-likeness (QED) is 0.0635. The zero-order valence-corrected chi connectivity index (χ0v) is 34.3. The van der Waals surface area contributed by atoms with Crippen LogP contribution in [0.25, 0.3) is 17.4 Å². The van der Waals surface area contributed by atoms with Gasteiger partial charge in [0.1, 0.15) is 22.2 Å². The number of furan rings is 1. The maximum atomic E-state index is 13.7. The van der Waals surface area contributed by atoms with Gasteiger partial charge in [-0.3, -0.25) is 14.4 Å². The van der Waals surface area contributed by atoms with Crippen molar-refractivity contribution in [3.63, 3.8) is 0 Å². The van der Waals surface area contributed by atoms with Crippen LogP contribution in [0.15, 0.2) is 141 Å². The first kappa shape index (κ1) is 39.5. The molecule has 0 bridgehead atoms. The summed E-state index contributed by atoms with van der Waals surface area (Å²) in [5.74, 6) is -0.371. The summed E-state index contributed by atoms with van der Waals surface area (Å²) in [7, 11) is 1.36. The smallest absolute Gasteiger partial charge is 0.341 e. The largest absolute Gasteiger partial charge is 0.465 e. The third kappa shape index (κ3) is 9.65. The van der Waals surface area contributed by atoms with Gasteiger partial charge in [0.15, 0.2) is 0 Å². The van der Waals surface area contributed by atoms with E-state index in [1.54, 1.807) is 73.7 Å². The molecule has 2 aromatic heterocycles. The first-order chi connectivity index (χ1) is 27.6. The van der Waals surface area contributed by atoms with Crippen LogP contribution in [0.1, 0.15) is 61.7 Å². The molecule has 7 rings (SSSR count). The number of halogens is 1. The molecule has 1 aliphatic carbocycles. The molecule has 1 aliphatic rings. The van der Waals surface area contributed by atoms with E-state index < -0.39 is 23.0 Å². The zero-order valence-electron chi connectivity index (χ0n) is 31.0. The minimum atomic E-state index is -0.552. The lowest BCUT2D eigenvalue weighted by Crippen LogP contribution is -2.30. The SMILES string of the molecule is COC(=O)c1c(NC(=O)[C@H](C)Sc2ccc(NC(=O)/C(=C/c3ccc(-c4ccc(Br)cc4)o3)NC(=O)c3ccccc3)cc2)sc2c1CC[C@@H](c1ccccc1)C2. The minimum Gasteiger partial charge on any atom is -0.465 e. The summed E-state index contributed by atoms with van der Waals surface area (Å²) in [4.78, 5) is 55.2. The maximum Gasteiger partial charge on any atom is 0.341 e. The number of anilines is 2. The number of rotatable bonds is 12. The van der Waals surface area contributed by atoms with Crippen molar-refractivity contribution in [1.82, 2.24) is 5.32 Å². The van der Waals surface area contributed by atoms with Gasteiger partial charge in [-0.2, -0.15) is 0 Å². The van der Waals surface area contributed by atoms with E-state index in [-0.39, 0.29) is 11.6 Å². The second-order valence-electron chi connectivity index (χ2n) is 13.4. The number of esters is 1. The summed E-state index contributed by atoms with van der Waals surface area (Å²) in [5.41, 5.74) is 4.39. The molecular weight excluding hydrogens is 823 g/mol. The highest BCUT2D eigenvalue weighted by molar-refractivity contribution is 9.10. The number of ether oxygens (including phenoxy) is 1. The minimum absolute atomic E-state index is 0.0125. The van der Waals surface area contributed by atoms with E-state index in [4.69, 9.17) is 9.15 Å². The molecule has 0 spiro atoms. The first-order valence-corrected chi connectivity index (χ1v) is 20.7. The Hall–Kier alpha value is -5.69. The average Bonchev–Trinajstić information content (AvgIpc) is 3.85. The number of benzene rings is 4. The number of amides is 3. The van der Waals surface area contributed by atoms with Crippen LogP contribution < -0.4 is 16.0 Å². The zero-order chi connectivity index (χ0) is 39.9. The molecule has 6 aromatic rings. The predicted molar refractivity (Wildman–Crippen MR) is 230 cm³/mol. The fourth-order valence-electron chi connectivity index (χ4n) is 6.57. The molecule has 3 amide bonds. The number of nitrogens with one attached hydrogen (secondary N) is 3. The highest BCUT2D eigenvalue weighted by Gasteiger charge is 2.31. The molecule has 3 N–H and O–H groups in total. The molecule has 57 heavy (non-hydrogen) atoms. The number of hydrogen-bond acceptors (Lipinski definition) is 8. The number of thiophene rings is 1. The van der Waals surface area contributed by atoms with E-state index in [0.717, 1.165) is 44.6 Å². The molecule has 2 heterocycles. The molecular formula is C45H38BrN3O6S2. The molecule has 0 unspecified atom stereocenters. The van der Waals surface area contributed by atoms with E-state index in [0.29, 0.717) is 39.3 Å². The number of methoxy groups -OCH3 is 1. The third-order valence-corrected chi connectivity index (χ3v) is 12.3. The molecule has 9 nitrogen and oxygen atoms in total. The van der Waals surface area contributed by atoms with Gasteiger partial charge in [0.2, 0.25) is 5.91 Å². The molecule has 0 saturated heterocycles. The van der Waals surface area contributed by atoms with Gasteiger partial charge in [-0.25, -0.2) is 4.79 Å². The maximum absolute atomic E-state index is 13.7. The predicted octanol–water partition coefficient (Wildman–Crippen LogP) is 10.4. The number of fused-ring (bicyclic) bond motifs is 1. The summed E-state index contributed by atoms with van der Waals surface area (Å²) in [6, 6.07) is 37.2. The standard InChI is InChI=1S/C45H38BrN3O6S2/c1-27(41(50)49-44-40(45(53)54-2)36-23-15-31(25-39(36)57-44)28-9-5-3-6-10-28)56-35-21-18-33(19-22-35)47-43(52)37(48-42(51)30-11-7-4-8-12-30)26-34-20-24-38(55-34)29-13-16-32(46)17-14-29/h3-14,16-22,24,26-27,31H,15,23,25H2,1-2H3,(H,47,52)(H,48,51)(H,49,50)/b37-26-/t27-,31+/m0/s1. The summed E-state index contributed by atoms with van der Waals surface area (Å²) in [5, 5.41) is 8.62. The Labute approximate surface area is 347 Å². The van der Waals surface area contributed by atoms with Crippen molar-refractivity contribution in [2.45, 2.75) is 42.2 Å². The number of thioether (sulfide) groups is 1. The highest BCUT2D eigenvalue weighted by atomic mass is 79.9. The Morgan fingerprint density at radius 1 is 0.877 bits per heavy atom. The summed E-state index contributed by atoms with van der Waals surface area (Å²) in [6.07, 6.45) is 3.92. The van der Waals surface area contributed by atoms with Gasteiger partial charge in [0.25, 0.3) is 11.8 Å². The Balaban J connectivity index is 1.02. The molecule has 0 radical (unpaired) electrons. The fourth-order valence-corrected chi connectivity index (χ4v) is 9.02. The van der Waals surface area contributed by atoms with E-state index in [1.807, 2.05) is 42.5 Å². The van der Waals surface area contributed by atoms with Crippen LogP contribution in [-0.4, -0.2) is 36.1 Å². The van der Waals surface area contributed by atoms with Crippen LogP contribution >= 0.6 is 39.0 Å². The van der Waals surface area contributed by atoms with Crippen molar-refractivity contribution in [3.05, 3.63) is 164 Å². The normalized spacial score (nSPS) is 14.2. The van der Waals surface area contributed by atoms with Crippen molar-refractivity contribution in [2.75, 3.05) is 17.7 Å². The lowest BCUT2D eigenvalue weighted by molar-refractivity contribution is -0.115. The van der Waals surface area contributed by atoms with Crippen LogP contribution in [0.5, 0.6) is 0 Å². The highest BCUT2D eigenvalue weighted by Crippen LogP contribution is 2.43. The van der Waals surface area contributed by atoms with Gasteiger partial charge < -0.3 is 25.1 Å². The van der Waals surface area contributed by atoms with Crippen molar-refractivity contribution in [3.8, 4) is 11.3 Å². The lowest BCUT2D eigenvalue weighted by atomic mass is 9.83. The van der Waals surface area contributed by atoms with E-state index in [2.05, 4.69) is 44.0 Å². The first-order valence-electron chi connectivity index (χ1n) is 18.3. The van der Waals surface area contributed by atoms with Crippen LogP contribution in [0, 0.1) is 0 Å². The van der Waals surface area contributed by atoms with E-state index >= 15 is 0 Å². The van der Waals surface area contributed by atoms with Gasteiger partial charge in [-0.05, 0) is 104 Å². The van der Waals surface area contributed by atoms with E-state index in [9.17, 15) is 19.2 Å². The number of hydrogen-bond donors (Lipinski definition) is 3. The molecule has 4 aromatic carbocycles. The topological polar surface area (TPSA) is 127 Å². The molecule has 0 aliphatic heterocycles. The summed E-state index contributed by atoms with van der Waals surface area (Å²) >= 11 is 6.24. The van der Waals surface area contributed by atoms with Gasteiger partial charge >= 0.3 is 5.97 Å². The molecule has 12 heteroatoms. The Kier molecular flexibility index (Phi) is 12.5. The molecule has 0 saturated carbocycles. The van der Waals surface area contributed by atoms with Crippen molar-refractivity contribution in [2.24, 2.45) is 0 Å². The van der Waals surface area contributed by atoms with Gasteiger partial charge in [0, 0.05) is 37.1 Å². The molecule has 0 fully saturated rings. The Bertz CT molecular complexity index is 2430. The molecule has 2 atom stereocenters. The van der Waals surface area contributed by atoms with Crippen molar-refractivity contribution < 1.29 is 28.3 Å². The summed E-state index contributed by atoms with van der Waals surface area (Å²) < 4.78 is 12.1. The van der Waals surface area contributed by atoms with Crippen LogP contribution in [0.3, 0.4) is 0 Å². The van der Waals surface area contributed by atoms with Crippen LogP contribution in [0.4, 0.5) is 10.7 Å². The fraction of sp³-hybridized carbons (Fsp3) is 0.156. The molecule has 288 valence electrons. The lowest BCUT2D eigenvalue weighted by Gasteiger charge is -2.22. The third-order valence-electron chi connectivity index (χ3n) is 9.53. The van der Waals surface area contributed by atoms with E-state index in [1.165, 1.54) is 41.8 Å². The number of carbonyl (C=O) groups excluding carboxylic acids is 4. The van der Waals surface area contributed by atoms with Gasteiger partial charge in [0.05, 0.1) is 17.9 Å². The van der Waals surface area contributed by atoms with Gasteiger partial charge in [-0.1, -0.05) is 76.6 Å². The summed E-state index contributed by atoms with van der Waals surface area (Å²) in [6.45, 7) is 1.80. The van der Waals surface area contributed by atoms with Crippen LogP contribution in [0.2, 0.25) is 0 Å². The second kappa shape index (κ2) is 18.1. The van der Waals surface area contributed by atoms with Crippen molar-refractivity contribution >= 4 is 79.5 Å². The average molecular weight is 861 g/mol. The van der Waals surface area contributed by atoms with Crippen molar-refractivity contribution in [1.29, 1.82) is 0 Å². The second-order valence-corrected chi connectivity index (χ2v) is 16.8. The Morgan fingerprint density at radius 2 is 1.58 bits per heavy atom. The monoisotopic (exact) mass is 859 g/mol. The Morgan fingerprint density at radius 3 is 2.28 bits per heavy atom.